The van der Waals surface area contributed by atoms with E-state index in [1.165, 1.54) is 19.2 Å². The largest absolute Gasteiger partial charge is 0.479 e. The average molecular weight is 339 g/mol. The van der Waals surface area contributed by atoms with Crippen LogP contribution >= 0.6 is 0 Å². The molecule has 0 saturated heterocycles. The molecule has 24 heavy (non-hydrogen) atoms. The molecule has 1 heterocycles. The molecule has 1 amide bonds. The van der Waals surface area contributed by atoms with Crippen LogP contribution in [0.5, 0.6) is 0 Å². The number of hydrogen-bond acceptors (Lipinski definition) is 4. The predicted octanol–water partition coefficient (Wildman–Crippen LogP) is 2.10. The molecule has 1 atom stereocenters. The van der Waals surface area contributed by atoms with Crippen LogP contribution in [0.2, 0.25) is 0 Å². The highest BCUT2D eigenvalue weighted by Crippen LogP contribution is 2.25. The molecule has 9 heteroatoms. The summed E-state index contributed by atoms with van der Waals surface area (Å²) in [5, 5.41) is 9.33. The van der Waals surface area contributed by atoms with Gasteiger partial charge in [-0.25, -0.2) is 27.9 Å². The summed E-state index contributed by atoms with van der Waals surface area (Å²) in [6, 6.07) is 0.618. The highest BCUT2D eigenvalue weighted by atomic mass is 19.2. The summed E-state index contributed by atoms with van der Waals surface area (Å²) in [4.78, 5) is 32.3. The van der Waals surface area contributed by atoms with E-state index in [2.05, 4.69) is 9.97 Å². The summed E-state index contributed by atoms with van der Waals surface area (Å²) >= 11 is 0. The van der Waals surface area contributed by atoms with E-state index in [1.807, 2.05) is 0 Å². The summed E-state index contributed by atoms with van der Waals surface area (Å²) < 4.78 is 39.8. The van der Waals surface area contributed by atoms with Crippen molar-refractivity contribution in [1.29, 1.82) is 0 Å². The molecule has 126 valence electrons. The highest BCUT2D eigenvalue weighted by Gasteiger charge is 2.31. The fourth-order valence-electron chi connectivity index (χ4n) is 2.14. The van der Waals surface area contributed by atoms with E-state index in [-0.39, 0.29) is 5.69 Å². The quantitative estimate of drug-likeness (QED) is 0.863. The molecular weight excluding hydrogens is 327 g/mol. The monoisotopic (exact) mass is 339 g/mol. The van der Waals surface area contributed by atoms with Crippen LogP contribution < -0.4 is 0 Å². The maximum absolute atomic E-state index is 13.4. The zero-order valence-electron chi connectivity index (χ0n) is 12.6. The van der Waals surface area contributed by atoms with Gasteiger partial charge < -0.3 is 10.0 Å². The molecule has 2 rings (SSSR count). The molecule has 0 aliphatic rings. The van der Waals surface area contributed by atoms with Crippen molar-refractivity contribution >= 4 is 11.9 Å². The molecule has 6 nitrogen and oxygen atoms in total. The Morgan fingerprint density at radius 1 is 1.21 bits per heavy atom. The predicted molar refractivity (Wildman–Crippen MR) is 75.6 cm³/mol. The number of aryl methyl sites for hydroxylation is 1. The molecule has 1 N–H and O–H groups in total. The summed E-state index contributed by atoms with van der Waals surface area (Å²) in [6.45, 7) is 1.54. The van der Waals surface area contributed by atoms with Gasteiger partial charge in [0.2, 0.25) is 0 Å². The van der Waals surface area contributed by atoms with Crippen molar-refractivity contribution in [1.82, 2.24) is 14.9 Å². The van der Waals surface area contributed by atoms with Gasteiger partial charge in [-0.05, 0) is 30.7 Å². The SMILES string of the molecule is Cc1nccc(C(=O)N(C)C(C(=O)O)c2cc(F)c(F)c(F)c2)n1. The van der Waals surface area contributed by atoms with Crippen LogP contribution in [0, 0.1) is 24.4 Å². The lowest BCUT2D eigenvalue weighted by Gasteiger charge is -2.25. The number of aliphatic carboxylic acids is 1. The molecule has 0 aliphatic carbocycles. The number of likely N-dealkylation sites (N-methyl/N-ethyl adjacent to an activating group) is 1. The third-order valence-electron chi connectivity index (χ3n) is 3.26. The lowest BCUT2D eigenvalue weighted by molar-refractivity contribution is -0.142. The van der Waals surface area contributed by atoms with Gasteiger partial charge in [-0.2, -0.15) is 0 Å². The molecule has 2 aromatic rings. The third kappa shape index (κ3) is 3.34. The topological polar surface area (TPSA) is 83.4 Å². The number of nitrogens with zero attached hydrogens (tertiary/aromatic N) is 3. The molecule has 1 aromatic heterocycles. The summed E-state index contributed by atoms with van der Waals surface area (Å²) in [7, 11) is 1.14. The minimum atomic E-state index is -1.72. The number of carboxylic acids is 1. The number of carbonyl (C=O) groups is 2. The number of carbonyl (C=O) groups excluding carboxylic acids is 1. The van der Waals surface area contributed by atoms with Crippen LogP contribution in [0.25, 0.3) is 0 Å². The van der Waals surface area contributed by atoms with Crippen molar-refractivity contribution in [3.8, 4) is 0 Å². The van der Waals surface area contributed by atoms with E-state index in [0.29, 0.717) is 18.0 Å². The number of hydrogen-bond donors (Lipinski definition) is 1. The van der Waals surface area contributed by atoms with Crippen LogP contribution in [0.15, 0.2) is 24.4 Å². The molecule has 0 spiro atoms. The standard InChI is InChI=1S/C15H12F3N3O3/c1-7-19-4-3-11(20-7)14(22)21(2)13(15(23)24)8-5-9(16)12(18)10(17)6-8/h3-6,13H,1-2H3,(H,23,24). The maximum Gasteiger partial charge on any atom is 0.331 e. The van der Waals surface area contributed by atoms with Gasteiger partial charge in [-0.3, -0.25) is 4.79 Å². The summed E-state index contributed by atoms with van der Waals surface area (Å²) in [5.74, 6) is -6.85. The van der Waals surface area contributed by atoms with E-state index in [4.69, 9.17) is 0 Å². The molecule has 1 unspecified atom stereocenters. The first-order chi connectivity index (χ1) is 11.2. The van der Waals surface area contributed by atoms with Crippen LogP contribution in [0.3, 0.4) is 0 Å². The Morgan fingerprint density at radius 2 is 1.79 bits per heavy atom. The second kappa shape index (κ2) is 6.65. The number of amides is 1. The number of halogens is 3. The Morgan fingerprint density at radius 3 is 2.29 bits per heavy atom. The van der Waals surface area contributed by atoms with Gasteiger partial charge in [0.15, 0.2) is 23.5 Å². The molecule has 0 fully saturated rings. The van der Waals surface area contributed by atoms with Crippen molar-refractivity contribution in [3.05, 3.63) is 58.9 Å². The Kier molecular flexibility index (Phi) is 4.82. The number of aromatic nitrogens is 2. The van der Waals surface area contributed by atoms with Crippen LogP contribution in [0.1, 0.15) is 27.9 Å². The van der Waals surface area contributed by atoms with E-state index in [9.17, 15) is 27.9 Å². The van der Waals surface area contributed by atoms with Gasteiger partial charge in [-0.1, -0.05) is 0 Å². The fraction of sp³-hybridized carbons (Fsp3) is 0.200. The van der Waals surface area contributed by atoms with E-state index in [0.717, 1.165) is 11.9 Å². The number of rotatable bonds is 4. The normalized spacial score (nSPS) is 11.9. The molecule has 0 aliphatic heterocycles. The molecule has 0 radical (unpaired) electrons. The number of benzene rings is 1. The average Bonchev–Trinajstić information content (AvgIpc) is 2.51. The fourth-order valence-corrected chi connectivity index (χ4v) is 2.14. The Hall–Kier alpha value is -2.97. The first-order valence-electron chi connectivity index (χ1n) is 6.66. The first-order valence-corrected chi connectivity index (χ1v) is 6.66. The Balaban J connectivity index is 2.44. The van der Waals surface area contributed by atoms with Gasteiger partial charge in [0.25, 0.3) is 5.91 Å². The maximum atomic E-state index is 13.4. The number of carboxylic acid groups (broad SMARTS) is 1. The van der Waals surface area contributed by atoms with Crippen molar-refractivity contribution in [2.24, 2.45) is 0 Å². The summed E-state index contributed by atoms with van der Waals surface area (Å²) in [5.41, 5.74) is -0.500. The van der Waals surface area contributed by atoms with Gasteiger partial charge in [0.05, 0.1) is 0 Å². The first kappa shape index (κ1) is 17.4. The van der Waals surface area contributed by atoms with Crippen LogP contribution in [-0.4, -0.2) is 38.9 Å². The molecule has 1 aromatic carbocycles. The highest BCUT2D eigenvalue weighted by molar-refractivity contribution is 5.95. The van der Waals surface area contributed by atoms with Crippen LogP contribution in [-0.2, 0) is 4.79 Å². The zero-order chi connectivity index (χ0) is 18.0. The van der Waals surface area contributed by atoms with E-state index in [1.54, 1.807) is 0 Å². The second-order valence-corrected chi connectivity index (χ2v) is 4.94. The minimum absolute atomic E-state index is 0.0840. The lowest BCUT2D eigenvalue weighted by atomic mass is 10.0. The zero-order valence-corrected chi connectivity index (χ0v) is 12.6. The lowest BCUT2D eigenvalue weighted by Crippen LogP contribution is -2.36. The van der Waals surface area contributed by atoms with Gasteiger partial charge in [0.1, 0.15) is 11.5 Å². The van der Waals surface area contributed by atoms with Gasteiger partial charge >= 0.3 is 5.97 Å². The van der Waals surface area contributed by atoms with Crippen molar-refractivity contribution < 1.29 is 27.9 Å². The van der Waals surface area contributed by atoms with Crippen molar-refractivity contribution in [2.75, 3.05) is 7.05 Å². The van der Waals surface area contributed by atoms with Crippen molar-refractivity contribution in [3.63, 3.8) is 0 Å². The van der Waals surface area contributed by atoms with Gasteiger partial charge in [-0.15, -0.1) is 0 Å². The third-order valence-corrected chi connectivity index (χ3v) is 3.26. The minimum Gasteiger partial charge on any atom is -0.479 e. The van der Waals surface area contributed by atoms with Crippen LogP contribution in [0.4, 0.5) is 13.2 Å². The smallest absolute Gasteiger partial charge is 0.331 e. The second-order valence-electron chi connectivity index (χ2n) is 4.94. The Bertz CT molecular complexity index is 791. The molecular formula is C15H12F3N3O3. The summed E-state index contributed by atoms with van der Waals surface area (Å²) in [6.07, 6.45) is 1.32. The molecule has 0 bridgehead atoms. The molecule has 0 saturated carbocycles. The van der Waals surface area contributed by atoms with Gasteiger partial charge in [0, 0.05) is 13.2 Å². The van der Waals surface area contributed by atoms with E-state index >= 15 is 0 Å². The van der Waals surface area contributed by atoms with Crippen molar-refractivity contribution in [2.45, 2.75) is 13.0 Å². The van der Waals surface area contributed by atoms with E-state index < -0.39 is 40.9 Å². The Labute approximate surface area is 134 Å².